The second-order valence-corrected chi connectivity index (χ2v) is 8.55. The number of anilines is 1. The van der Waals surface area contributed by atoms with Gasteiger partial charge in [-0.3, -0.25) is 0 Å². The van der Waals surface area contributed by atoms with Gasteiger partial charge in [-0.25, -0.2) is 0 Å². The van der Waals surface area contributed by atoms with Crippen molar-refractivity contribution in [2.24, 2.45) is 0 Å². The third kappa shape index (κ3) is 2.40. The van der Waals surface area contributed by atoms with Gasteiger partial charge in [-0.2, -0.15) is 0 Å². The zero-order valence-corrected chi connectivity index (χ0v) is 16.0. The van der Waals surface area contributed by atoms with E-state index in [1.807, 2.05) is 31.3 Å². The van der Waals surface area contributed by atoms with E-state index in [0.717, 1.165) is 11.4 Å². The quantitative estimate of drug-likeness (QED) is 0.438. The van der Waals surface area contributed by atoms with Crippen molar-refractivity contribution in [3.05, 3.63) is 64.2 Å². The number of hydrogen-bond acceptors (Lipinski definition) is 5. The number of benzene rings is 2. The molecule has 0 saturated carbocycles. The van der Waals surface area contributed by atoms with Crippen LogP contribution in [0.1, 0.15) is 11.1 Å². The Morgan fingerprint density at radius 2 is 2.19 bits per heavy atom. The molecular formula is C19H16N2O4Se. The van der Waals surface area contributed by atoms with Gasteiger partial charge in [-0.15, -0.1) is 0 Å². The molecule has 0 fully saturated rings. The van der Waals surface area contributed by atoms with Crippen molar-refractivity contribution in [3.63, 3.8) is 0 Å². The molecule has 0 aromatic heterocycles. The van der Waals surface area contributed by atoms with Crippen LogP contribution >= 0.6 is 0 Å². The number of nitrogens with zero attached hydrogens (tertiary/aromatic N) is 2. The van der Waals surface area contributed by atoms with Crippen molar-refractivity contribution in [3.8, 4) is 11.5 Å². The maximum atomic E-state index is 11.2. The summed E-state index contributed by atoms with van der Waals surface area (Å²) in [6.45, 7) is 3.78. The van der Waals surface area contributed by atoms with Gasteiger partial charge in [0.25, 0.3) is 0 Å². The molecule has 1 atom stereocenters. The molecule has 0 bridgehead atoms. The number of likely N-dealkylation sites (N-methyl/N-ethyl adjacent to an activating group) is 1. The van der Waals surface area contributed by atoms with Crippen LogP contribution in [-0.4, -0.2) is 38.7 Å². The fourth-order valence-corrected chi connectivity index (χ4v) is 5.75. The Balaban J connectivity index is 1.78. The summed E-state index contributed by atoms with van der Waals surface area (Å²) in [6.07, 6.45) is 5.48. The molecule has 0 radical (unpaired) electrons. The van der Waals surface area contributed by atoms with E-state index in [-0.39, 0.29) is 20.6 Å². The van der Waals surface area contributed by atoms with Crippen molar-refractivity contribution in [1.29, 1.82) is 0 Å². The standard InChI is InChI=1S/C19H16N2O4Se/c1-4-12-9-14(21(22)23)10-13-7-8-19(25-18(12)13)20(2)16-11-15(24-3)5-6-17(16)26-19/h4-11H,1H2,2-3H3. The Morgan fingerprint density at radius 3 is 2.88 bits per heavy atom. The number of nitro benzene ring substituents is 1. The fourth-order valence-electron chi connectivity index (χ4n) is 3.13. The molecule has 26 heavy (non-hydrogen) atoms. The molecule has 4 rings (SSSR count). The molecular weight excluding hydrogens is 399 g/mol. The van der Waals surface area contributed by atoms with E-state index in [1.165, 1.54) is 16.6 Å². The molecule has 1 spiro atoms. The molecule has 0 saturated heterocycles. The van der Waals surface area contributed by atoms with E-state index in [1.54, 1.807) is 13.2 Å². The van der Waals surface area contributed by atoms with E-state index in [4.69, 9.17) is 9.47 Å². The second kappa shape index (κ2) is 5.90. The first-order valence-electron chi connectivity index (χ1n) is 7.91. The summed E-state index contributed by atoms with van der Waals surface area (Å²) in [5.41, 5.74) is 2.41. The number of hydrogen-bond donors (Lipinski definition) is 0. The molecule has 1 unspecified atom stereocenters. The van der Waals surface area contributed by atoms with Gasteiger partial charge in [0.2, 0.25) is 0 Å². The van der Waals surface area contributed by atoms with Crippen LogP contribution in [0.4, 0.5) is 11.4 Å². The number of ether oxygens (including phenoxy) is 2. The van der Waals surface area contributed by atoms with Gasteiger partial charge in [-0.1, -0.05) is 0 Å². The maximum absolute atomic E-state index is 11.2. The fraction of sp³-hybridized carbons (Fsp3) is 0.158. The first-order valence-corrected chi connectivity index (χ1v) is 9.63. The SMILES string of the molecule is C=Cc1cc([N+](=O)[O-])cc2c1OC1(C=C2)[Se]c2ccc(OC)cc2N1C. The number of rotatable bonds is 3. The summed E-state index contributed by atoms with van der Waals surface area (Å²) in [5, 5.41) is 11.2. The van der Waals surface area contributed by atoms with Crippen molar-refractivity contribution in [2.45, 2.75) is 4.62 Å². The Kier molecular flexibility index (Phi) is 3.79. The third-order valence-corrected chi connectivity index (χ3v) is 7.37. The van der Waals surface area contributed by atoms with Gasteiger partial charge in [0.15, 0.2) is 0 Å². The molecule has 2 aliphatic rings. The average Bonchev–Trinajstić information content (AvgIpc) is 2.92. The zero-order valence-electron chi connectivity index (χ0n) is 14.3. The van der Waals surface area contributed by atoms with Crippen LogP contribution in [0.3, 0.4) is 0 Å². The summed E-state index contributed by atoms with van der Waals surface area (Å²) < 4.78 is 12.4. The van der Waals surface area contributed by atoms with Crippen LogP contribution in [0.5, 0.6) is 11.5 Å². The van der Waals surface area contributed by atoms with Crippen molar-refractivity contribution < 1.29 is 14.4 Å². The van der Waals surface area contributed by atoms with Crippen molar-refractivity contribution >= 4 is 42.9 Å². The van der Waals surface area contributed by atoms with Crippen LogP contribution in [0.2, 0.25) is 0 Å². The zero-order chi connectivity index (χ0) is 18.5. The predicted octanol–water partition coefficient (Wildman–Crippen LogP) is 2.79. The van der Waals surface area contributed by atoms with E-state index >= 15 is 0 Å². The first kappa shape index (κ1) is 16.7. The van der Waals surface area contributed by atoms with Crippen LogP contribution in [0, 0.1) is 10.1 Å². The summed E-state index contributed by atoms with van der Waals surface area (Å²) in [7, 11) is 3.63. The summed E-state index contributed by atoms with van der Waals surface area (Å²) in [5.74, 6) is 1.42. The molecule has 132 valence electrons. The Bertz CT molecular complexity index is 972. The van der Waals surface area contributed by atoms with Crippen LogP contribution < -0.4 is 18.8 Å². The minimum absolute atomic E-state index is 0.00222. The van der Waals surface area contributed by atoms with E-state index in [9.17, 15) is 10.1 Å². The van der Waals surface area contributed by atoms with Crippen molar-refractivity contribution in [2.75, 3.05) is 19.1 Å². The number of nitro groups is 1. The van der Waals surface area contributed by atoms with Crippen LogP contribution in [-0.2, 0) is 0 Å². The summed E-state index contributed by atoms with van der Waals surface area (Å²) in [4.78, 5) is 12.8. The van der Waals surface area contributed by atoms with Gasteiger partial charge in [0, 0.05) is 0 Å². The van der Waals surface area contributed by atoms with Gasteiger partial charge >= 0.3 is 157 Å². The molecule has 2 aliphatic heterocycles. The first-order chi connectivity index (χ1) is 12.5. The number of fused-ring (bicyclic) bond motifs is 2. The summed E-state index contributed by atoms with van der Waals surface area (Å²) >= 11 is -0.00222. The topological polar surface area (TPSA) is 64.8 Å². The normalized spacial score (nSPS) is 19.7. The van der Waals surface area contributed by atoms with E-state index in [2.05, 4.69) is 17.5 Å². The van der Waals surface area contributed by atoms with E-state index < -0.39 is 9.55 Å². The molecule has 2 aromatic carbocycles. The van der Waals surface area contributed by atoms with Crippen LogP contribution in [0.15, 0.2) is 43.0 Å². The molecule has 7 heteroatoms. The third-order valence-electron chi connectivity index (χ3n) is 4.53. The van der Waals surface area contributed by atoms with Crippen LogP contribution in [0.25, 0.3) is 12.2 Å². The minimum atomic E-state index is -0.609. The monoisotopic (exact) mass is 416 g/mol. The molecule has 2 heterocycles. The Morgan fingerprint density at radius 1 is 1.38 bits per heavy atom. The molecule has 2 aromatic rings. The van der Waals surface area contributed by atoms with Gasteiger partial charge < -0.3 is 0 Å². The van der Waals surface area contributed by atoms with Gasteiger partial charge in [-0.05, 0) is 0 Å². The second-order valence-electron chi connectivity index (χ2n) is 5.98. The Hall–Kier alpha value is -2.76. The summed E-state index contributed by atoms with van der Waals surface area (Å²) in [6, 6.07) is 9.05. The van der Waals surface area contributed by atoms with Crippen molar-refractivity contribution in [1.82, 2.24) is 0 Å². The average molecular weight is 415 g/mol. The Labute approximate surface area is 157 Å². The van der Waals surface area contributed by atoms with E-state index in [0.29, 0.717) is 16.9 Å². The number of methoxy groups -OCH3 is 1. The molecule has 0 N–H and O–H groups in total. The number of non-ortho nitro benzene ring substituents is 1. The van der Waals surface area contributed by atoms with Gasteiger partial charge in [0.05, 0.1) is 0 Å². The predicted molar refractivity (Wildman–Crippen MR) is 102 cm³/mol. The van der Waals surface area contributed by atoms with Gasteiger partial charge in [0.1, 0.15) is 0 Å². The molecule has 6 nitrogen and oxygen atoms in total. The molecule has 0 aliphatic carbocycles. The molecule has 0 amide bonds.